The van der Waals surface area contributed by atoms with E-state index in [4.69, 9.17) is 10.00 Å². The Bertz CT molecular complexity index is 481. The molecule has 0 saturated carbocycles. The SMILES string of the molecule is COc1cc(C#N)c2[nH]ncc2c1. The van der Waals surface area contributed by atoms with Gasteiger partial charge in [0.1, 0.15) is 11.8 Å². The number of nitriles is 1. The number of aromatic amines is 1. The lowest BCUT2D eigenvalue weighted by Gasteiger charge is -1.99. The van der Waals surface area contributed by atoms with Gasteiger partial charge < -0.3 is 4.74 Å². The van der Waals surface area contributed by atoms with Crippen molar-refractivity contribution in [2.24, 2.45) is 0 Å². The molecule has 0 aliphatic heterocycles. The Morgan fingerprint density at radius 1 is 1.54 bits per heavy atom. The summed E-state index contributed by atoms with van der Waals surface area (Å²) in [5.41, 5.74) is 1.30. The number of nitrogens with zero attached hydrogens (tertiary/aromatic N) is 2. The van der Waals surface area contributed by atoms with Gasteiger partial charge in [-0.25, -0.2) is 0 Å². The van der Waals surface area contributed by atoms with Gasteiger partial charge in [-0.3, -0.25) is 5.10 Å². The van der Waals surface area contributed by atoms with Crippen LogP contribution in [0.5, 0.6) is 5.75 Å². The van der Waals surface area contributed by atoms with Crippen LogP contribution in [0.2, 0.25) is 0 Å². The monoisotopic (exact) mass is 173 g/mol. The Labute approximate surface area is 74.7 Å². The Kier molecular flexibility index (Phi) is 1.64. The molecule has 2 rings (SSSR count). The summed E-state index contributed by atoms with van der Waals surface area (Å²) in [5, 5.41) is 16.3. The summed E-state index contributed by atoms with van der Waals surface area (Å²) in [4.78, 5) is 0. The molecule has 0 fully saturated rings. The lowest BCUT2D eigenvalue weighted by Crippen LogP contribution is -1.85. The van der Waals surface area contributed by atoms with E-state index in [-0.39, 0.29) is 0 Å². The minimum Gasteiger partial charge on any atom is -0.497 e. The Balaban J connectivity index is 2.79. The molecular formula is C9H7N3O. The number of H-pyrrole nitrogens is 1. The van der Waals surface area contributed by atoms with E-state index in [0.717, 1.165) is 10.9 Å². The van der Waals surface area contributed by atoms with Crippen LogP contribution in [0.1, 0.15) is 5.56 Å². The van der Waals surface area contributed by atoms with Crippen molar-refractivity contribution in [3.63, 3.8) is 0 Å². The van der Waals surface area contributed by atoms with Gasteiger partial charge in [0.2, 0.25) is 0 Å². The molecule has 0 aliphatic carbocycles. The van der Waals surface area contributed by atoms with Gasteiger partial charge in [-0.2, -0.15) is 10.4 Å². The predicted molar refractivity (Wildman–Crippen MR) is 47.4 cm³/mol. The highest BCUT2D eigenvalue weighted by Crippen LogP contribution is 2.22. The van der Waals surface area contributed by atoms with E-state index >= 15 is 0 Å². The standard InChI is InChI=1S/C9H7N3O/c1-13-8-2-6(4-10)9-7(3-8)5-11-12-9/h2-3,5H,1H3,(H,11,12). The van der Waals surface area contributed by atoms with E-state index in [9.17, 15) is 0 Å². The van der Waals surface area contributed by atoms with Crippen LogP contribution in [0.3, 0.4) is 0 Å². The molecular weight excluding hydrogens is 166 g/mol. The molecule has 0 saturated heterocycles. The highest BCUT2D eigenvalue weighted by atomic mass is 16.5. The number of methoxy groups -OCH3 is 1. The lowest BCUT2D eigenvalue weighted by molar-refractivity contribution is 0.415. The minimum absolute atomic E-state index is 0.548. The molecule has 4 heteroatoms. The molecule has 4 nitrogen and oxygen atoms in total. The van der Waals surface area contributed by atoms with E-state index in [1.54, 1.807) is 19.4 Å². The summed E-state index contributed by atoms with van der Waals surface area (Å²) >= 11 is 0. The zero-order chi connectivity index (χ0) is 9.26. The Hall–Kier alpha value is -2.02. The molecule has 0 unspecified atom stereocenters. The Morgan fingerprint density at radius 3 is 3.08 bits per heavy atom. The first-order valence-corrected chi connectivity index (χ1v) is 3.76. The number of rotatable bonds is 1. The van der Waals surface area contributed by atoms with Crippen molar-refractivity contribution in [3.8, 4) is 11.8 Å². The van der Waals surface area contributed by atoms with Gasteiger partial charge in [0.15, 0.2) is 0 Å². The molecule has 1 heterocycles. The normalized spacial score (nSPS) is 9.85. The summed E-state index contributed by atoms with van der Waals surface area (Å²) in [6.45, 7) is 0. The fourth-order valence-electron chi connectivity index (χ4n) is 1.24. The van der Waals surface area contributed by atoms with Gasteiger partial charge in [-0.1, -0.05) is 0 Å². The summed E-state index contributed by atoms with van der Waals surface area (Å²) in [7, 11) is 1.57. The minimum atomic E-state index is 0.548. The molecule has 64 valence electrons. The number of benzene rings is 1. The maximum atomic E-state index is 8.82. The van der Waals surface area contributed by atoms with Gasteiger partial charge in [0, 0.05) is 11.5 Å². The van der Waals surface area contributed by atoms with Crippen molar-refractivity contribution in [1.29, 1.82) is 5.26 Å². The van der Waals surface area contributed by atoms with Gasteiger partial charge >= 0.3 is 0 Å². The molecule has 0 bridgehead atoms. The smallest absolute Gasteiger partial charge is 0.120 e. The first-order chi connectivity index (χ1) is 6.35. The van der Waals surface area contributed by atoms with Crippen molar-refractivity contribution in [2.75, 3.05) is 7.11 Å². The van der Waals surface area contributed by atoms with Crippen molar-refractivity contribution in [1.82, 2.24) is 10.2 Å². The van der Waals surface area contributed by atoms with Gasteiger partial charge in [-0.15, -0.1) is 0 Å². The summed E-state index contributed by atoms with van der Waals surface area (Å²) in [6.07, 6.45) is 1.67. The third-order valence-corrected chi connectivity index (χ3v) is 1.88. The summed E-state index contributed by atoms with van der Waals surface area (Å²) in [6, 6.07) is 5.59. The third kappa shape index (κ3) is 1.11. The zero-order valence-corrected chi connectivity index (χ0v) is 7.03. The second-order valence-electron chi connectivity index (χ2n) is 2.62. The van der Waals surface area contributed by atoms with Gasteiger partial charge in [-0.05, 0) is 6.07 Å². The largest absolute Gasteiger partial charge is 0.497 e. The molecule has 1 N–H and O–H groups in total. The first kappa shape index (κ1) is 7.62. The molecule has 0 amide bonds. The highest BCUT2D eigenvalue weighted by molar-refractivity contribution is 5.85. The molecule has 2 aromatic rings. The number of ether oxygens (including phenoxy) is 1. The summed E-state index contributed by atoms with van der Waals surface area (Å²) in [5.74, 6) is 0.672. The van der Waals surface area contributed by atoms with Crippen LogP contribution in [0.25, 0.3) is 10.9 Å². The topological polar surface area (TPSA) is 61.7 Å². The van der Waals surface area contributed by atoms with Crippen molar-refractivity contribution < 1.29 is 4.74 Å². The molecule has 0 aliphatic rings. The van der Waals surface area contributed by atoms with Crippen molar-refractivity contribution in [2.45, 2.75) is 0 Å². The van der Waals surface area contributed by atoms with Crippen LogP contribution < -0.4 is 4.74 Å². The third-order valence-electron chi connectivity index (χ3n) is 1.88. The second kappa shape index (κ2) is 2.79. The molecule has 0 spiro atoms. The number of fused-ring (bicyclic) bond motifs is 1. The van der Waals surface area contributed by atoms with Crippen LogP contribution in [0.4, 0.5) is 0 Å². The van der Waals surface area contributed by atoms with Crippen LogP contribution >= 0.6 is 0 Å². The number of aromatic nitrogens is 2. The van der Waals surface area contributed by atoms with Crippen LogP contribution in [0, 0.1) is 11.3 Å². The van der Waals surface area contributed by atoms with E-state index < -0.39 is 0 Å². The van der Waals surface area contributed by atoms with E-state index in [1.807, 2.05) is 6.07 Å². The average molecular weight is 173 g/mol. The van der Waals surface area contributed by atoms with E-state index in [0.29, 0.717) is 11.3 Å². The molecule has 13 heavy (non-hydrogen) atoms. The predicted octanol–water partition coefficient (Wildman–Crippen LogP) is 1.44. The summed E-state index contributed by atoms with van der Waals surface area (Å²) < 4.78 is 5.04. The van der Waals surface area contributed by atoms with Crippen LogP contribution in [-0.4, -0.2) is 17.3 Å². The first-order valence-electron chi connectivity index (χ1n) is 3.76. The Morgan fingerprint density at radius 2 is 2.38 bits per heavy atom. The quantitative estimate of drug-likeness (QED) is 0.709. The highest BCUT2D eigenvalue weighted by Gasteiger charge is 2.04. The van der Waals surface area contributed by atoms with E-state index in [2.05, 4.69) is 16.3 Å². The molecule has 0 radical (unpaired) electrons. The molecule has 1 aromatic heterocycles. The number of hydrogen-bond acceptors (Lipinski definition) is 3. The van der Waals surface area contributed by atoms with Crippen LogP contribution in [0.15, 0.2) is 18.3 Å². The molecule has 1 aromatic carbocycles. The van der Waals surface area contributed by atoms with Crippen molar-refractivity contribution >= 4 is 10.9 Å². The lowest BCUT2D eigenvalue weighted by atomic mass is 10.1. The maximum absolute atomic E-state index is 8.82. The van der Waals surface area contributed by atoms with Crippen molar-refractivity contribution in [3.05, 3.63) is 23.9 Å². The zero-order valence-electron chi connectivity index (χ0n) is 7.03. The number of hydrogen-bond donors (Lipinski definition) is 1. The van der Waals surface area contributed by atoms with Gasteiger partial charge in [0.25, 0.3) is 0 Å². The van der Waals surface area contributed by atoms with E-state index in [1.165, 1.54) is 0 Å². The molecule has 0 atom stereocenters. The number of nitrogens with one attached hydrogen (secondary N) is 1. The maximum Gasteiger partial charge on any atom is 0.120 e. The van der Waals surface area contributed by atoms with Gasteiger partial charge in [0.05, 0.1) is 24.4 Å². The fourth-order valence-corrected chi connectivity index (χ4v) is 1.24. The average Bonchev–Trinajstić information content (AvgIpc) is 2.63. The van der Waals surface area contributed by atoms with Crippen LogP contribution in [-0.2, 0) is 0 Å². The second-order valence-corrected chi connectivity index (χ2v) is 2.62. The fraction of sp³-hybridized carbons (Fsp3) is 0.111.